The van der Waals surface area contributed by atoms with Crippen molar-refractivity contribution in [2.45, 2.75) is 71.6 Å². The molecule has 0 aliphatic carbocycles. The fourth-order valence-corrected chi connectivity index (χ4v) is 4.53. The van der Waals surface area contributed by atoms with Gasteiger partial charge in [-0.05, 0) is 70.3 Å². The number of hydrogen-bond acceptors (Lipinski definition) is 7. The third-order valence-electron chi connectivity index (χ3n) is 6.07. The summed E-state index contributed by atoms with van der Waals surface area (Å²) in [6, 6.07) is 4.26. The van der Waals surface area contributed by atoms with E-state index in [2.05, 4.69) is 26.3 Å². The van der Waals surface area contributed by atoms with Crippen LogP contribution < -0.4 is 5.32 Å². The number of aromatic nitrogens is 2. The normalized spacial score (nSPS) is 15.7. The number of piperidine rings is 1. The fourth-order valence-electron chi connectivity index (χ4n) is 4.53. The van der Waals surface area contributed by atoms with Gasteiger partial charge in [-0.2, -0.15) is 0 Å². The number of nitrogens with one attached hydrogen (secondary N) is 2. The second-order valence-electron chi connectivity index (χ2n) is 9.71. The zero-order chi connectivity index (χ0) is 24.7. The second-order valence-corrected chi connectivity index (χ2v) is 9.71. The Balaban J connectivity index is 1.82. The summed E-state index contributed by atoms with van der Waals surface area (Å²) < 4.78 is 10.6. The van der Waals surface area contributed by atoms with Gasteiger partial charge in [0.25, 0.3) is 0 Å². The Morgan fingerprint density at radius 1 is 1.21 bits per heavy atom. The van der Waals surface area contributed by atoms with Gasteiger partial charge in [-0.25, -0.2) is 9.59 Å². The number of hydrogen-bond donors (Lipinski definition) is 2. The molecule has 8 heteroatoms. The number of nitrogens with zero attached hydrogens (tertiary/aromatic N) is 2. The van der Waals surface area contributed by atoms with Crippen molar-refractivity contribution in [2.75, 3.05) is 26.7 Å². The molecular weight excluding hydrogens is 432 g/mol. The Kier molecular flexibility index (Phi) is 8.85. The van der Waals surface area contributed by atoms with Gasteiger partial charge >= 0.3 is 11.9 Å². The summed E-state index contributed by atoms with van der Waals surface area (Å²) in [4.78, 5) is 35.5. The number of likely N-dealkylation sites (tertiary alicyclic amines) is 1. The molecular formula is C26H38N4O4. The van der Waals surface area contributed by atoms with Crippen molar-refractivity contribution in [2.24, 2.45) is 0 Å². The van der Waals surface area contributed by atoms with E-state index < -0.39 is 17.5 Å². The molecule has 1 saturated heterocycles. The molecule has 0 bridgehead atoms. The van der Waals surface area contributed by atoms with Crippen molar-refractivity contribution in [1.29, 1.82) is 0 Å². The Hall–Kier alpha value is -2.71. The van der Waals surface area contributed by atoms with Crippen LogP contribution in [0.3, 0.4) is 0 Å². The third-order valence-corrected chi connectivity index (χ3v) is 6.07. The van der Waals surface area contributed by atoms with Crippen LogP contribution in [0, 0.1) is 0 Å². The predicted molar refractivity (Wildman–Crippen MR) is 131 cm³/mol. The van der Waals surface area contributed by atoms with Crippen molar-refractivity contribution >= 4 is 11.9 Å². The number of pyridine rings is 1. The van der Waals surface area contributed by atoms with E-state index in [0.717, 1.165) is 13.1 Å². The van der Waals surface area contributed by atoms with E-state index in [0.29, 0.717) is 42.0 Å². The lowest BCUT2D eigenvalue weighted by atomic mass is 10.0. The van der Waals surface area contributed by atoms with E-state index in [1.165, 1.54) is 31.9 Å². The SMILES string of the molecule is CCc1c(C(=O)OC(C)(C)C)[nH]c(CNCC(c2cccnc2)N2CCCCC2)c1C(=O)OC. The van der Waals surface area contributed by atoms with Crippen LogP contribution in [0.4, 0.5) is 0 Å². The standard InChI is InChI=1S/C26H38N4O4/c1-6-19-22(24(31)33-5)20(29-23(19)25(32)34-26(2,3)4)16-28-17-21(18-11-10-12-27-15-18)30-13-8-7-9-14-30/h10-12,15,21,28-29H,6-9,13-14,16-17H2,1-5H3. The van der Waals surface area contributed by atoms with Gasteiger partial charge in [-0.1, -0.05) is 19.4 Å². The lowest BCUT2D eigenvalue weighted by molar-refractivity contribution is 0.00621. The molecule has 0 radical (unpaired) electrons. The Labute approximate surface area is 202 Å². The summed E-state index contributed by atoms with van der Waals surface area (Å²) in [5, 5.41) is 3.51. The molecule has 8 nitrogen and oxygen atoms in total. The fraction of sp³-hybridized carbons (Fsp3) is 0.577. The third kappa shape index (κ3) is 6.45. The van der Waals surface area contributed by atoms with E-state index in [1.807, 2.05) is 40.0 Å². The van der Waals surface area contributed by atoms with Gasteiger partial charge in [-0.15, -0.1) is 0 Å². The molecule has 1 aliphatic heterocycles. The van der Waals surface area contributed by atoms with Gasteiger partial charge in [0.1, 0.15) is 11.3 Å². The van der Waals surface area contributed by atoms with Crippen LogP contribution in [-0.4, -0.2) is 59.2 Å². The number of carbonyl (C=O) groups is 2. The van der Waals surface area contributed by atoms with Gasteiger partial charge in [0.15, 0.2) is 0 Å². The molecule has 3 heterocycles. The molecule has 2 aromatic heterocycles. The number of H-pyrrole nitrogens is 1. The quantitative estimate of drug-likeness (QED) is 0.534. The molecule has 3 rings (SSSR count). The van der Waals surface area contributed by atoms with Crippen LogP contribution in [0.5, 0.6) is 0 Å². The van der Waals surface area contributed by atoms with E-state index >= 15 is 0 Å². The van der Waals surface area contributed by atoms with Crippen LogP contribution in [0.15, 0.2) is 24.5 Å². The molecule has 0 amide bonds. The molecule has 1 atom stereocenters. The highest BCUT2D eigenvalue weighted by Crippen LogP contribution is 2.26. The number of aromatic amines is 1. The van der Waals surface area contributed by atoms with Gasteiger partial charge in [-0.3, -0.25) is 9.88 Å². The van der Waals surface area contributed by atoms with Gasteiger partial charge in [0.05, 0.1) is 12.7 Å². The van der Waals surface area contributed by atoms with Crippen LogP contribution in [0.1, 0.15) is 90.7 Å². The van der Waals surface area contributed by atoms with Crippen LogP contribution in [-0.2, 0) is 22.4 Å². The maximum Gasteiger partial charge on any atom is 0.355 e. The molecule has 2 N–H and O–H groups in total. The van der Waals surface area contributed by atoms with Crippen LogP contribution in [0.2, 0.25) is 0 Å². The summed E-state index contributed by atoms with van der Waals surface area (Å²) in [5.41, 5.74) is 2.51. The minimum Gasteiger partial charge on any atom is -0.465 e. The molecule has 1 aliphatic rings. The van der Waals surface area contributed by atoms with Crippen molar-refractivity contribution in [3.63, 3.8) is 0 Å². The minimum absolute atomic E-state index is 0.182. The number of methoxy groups -OCH3 is 1. The Bertz CT molecular complexity index is 959. The van der Waals surface area contributed by atoms with Crippen molar-refractivity contribution < 1.29 is 19.1 Å². The topological polar surface area (TPSA) is 96.5 Å². The Morgan fingerprint density at radius 3 is 2.53 bits per heavy atom. The molecule has 2 aromatic rings. The van der Waals surface area contributed by atoms with Gasteiger partial charge < -0.3 is 19.8 Å². The molecule has 0 spiro atoms. The summed E-state index contributed by atoms with van der Waals surface area (Å²) >= 11 is 0. The monoisotopic (exact) mass is 470 g/mol. The second kappa shape index (κ2) is 11.6. The largest absolute Gasteiger partial charge is 0.465 e. The predicted octanol–water partition coefficient (Wildman–Crippen LogP) is 4.03. The van der Waals surface area contributed by atoms with E-state index in [1.54, 1.807) is 6.20 Å². The highest BCUT2D eigenvalue weighted by Gasteiger charge is 2.29. The molecule has 186 valence electrons. The molecule has 1 unspecified atom stereocenters. The molecule has 34 heavy (non-hydrogen) atoms. The van der Waals surface area contributed by atoms with Crippen molar-refractivity contribution in [1.82, 2.24) is 20.2 Å². The molecule has 0 aromatic carbocycles. The summed E-state index contributed by atoms with van der Waals surface area (Å²) in [6.07, 6.45) is 7.86. The van der Waals surface area contributed by atoms with E-state index in [-0.39, 0.29) is 6.04 Å². The Morgan fingerprint density at radius 2 is 1.94 bits per heavy atom. The minimum atomic E-state index is -0.636. The smallest absolute Gasteiger partial charge is 0.355 e. The number of carbonyl (C=O) groups excluding carboxylic acids is 2. The molecule has 1 fully saturated rings. The van der Waals surface area contributed by atoms with E-state index in [4.69, 9.17) is 9.47 Å². The first-order chi connectivity index (χ1) is 16.2. The van der Waals surface area contributed by atoms with Crippen LogP contribution >= 0.6 is 0 Å². The highest BCUT2D eigenvalue weighted by molar-refractivity contribution is 5.98. The van der Waals surface area contributed by atoms with Gasteiger partial charge in [0, 0.05) is 37.2 Å². The number of ether oxygens (including phenoxy) is 2. The lowest BCUT2D eigenvalue weighted by Crippen LogP contribution is -2.39. The van der Waals surface area contributed by atoms with Crippen LogP contribution in [0.25, 0.3) is 0 Å². The maximum atomic E-state index is 12.9. The zero-order valence-corrected chi connectivity index (χ0v) is 21.1. The maximum absolute atomic E-state index is 12.9. The summed E-state index contributed by atoms with van der Waals surface area (Å²) in [7, 11) is 1.36. The zero-order valence-electron chi connectivity index (χ0n) is 21.1. The number of rotatable bonds is 9. The van der Waals surface area contributed by atoms with Crippen molar-refractivity contribution in [3.8, 4) is 0 Å². The molecule has 0 saturated carbocycles. The average molecular weight is 471 g/mol. The lowest BCUT2D eigenvalue weighted by Gasteiger charge is -2.35. The van der Waals surface area contributed by atoms with Crippen molar-refractivity contribution in [3.05, 3.63) is 52.6 Å². The first-order valence-electron chi connectivity index (χ1n) is 12.1. The first kappa shape index (κ1) is 25.9. The van der Waals surface area contributed by atoms with Gasteiger partial charge in [0.2, 0.25) is 0 Å². The van der Waals surface area contributed by atoms with E-state index in [9.17, 15) is 9.59 Å². The highest BCUT2D eigenvalue weighted by atomic mass is 16.6. The number of esters is 2. The summed E-state index contributed by atoms with van der Waals surface area (Å²) in [6.45, 7) is 10.6. The summed E-state index contributed by atoms with van der Waals surface area (Å²) in [5.74, 6) is -0.929. The average Bonchev–Trinajstić information content (AvgIpc) is 3.20. The first-order valence-corrected chi connectivity index (χ1v) is 12.1.